The van der Waals surface area contributed by atoms with E-state index in [1.807, 2.05) is 18.2 Å². The van der Waals surface area contributed by atoms with E-state index in [4.69, 9.17) is 0 Å². The van der Waals surface area contributed by atoms with Crippen LogP contribution >= 0.6 is 0 Å². The topological polar surface area (TPSA) is 44.8 Å². The normalized spacial score (nSPS) is 13.7. The zero-order chi connectivity index (χ0) is 19.2. The molecule has 0 saturated carbocycles. The lowest BCUT2D eigenvalue weighted by Gasteiger charge is -2.24. The molecule has 1 fully saturated rings. The molecule has 0 bridgehead atoms. The summed E-state index contributed by atoms with van der Waals surface area (Å²) in [4.78, 5) is 16.4. The molecule has 0 aliphatic carbocycles. The molecule has 2 aromatic rings. The molecule has 1 N–H and O–H groups in total. The molecular formula is C20H23F2N3O2. The Kier molecular flexibility index (Phi) is 6.11. The van der Waals surface area contributed by atoms with Gasteiger partial charge in [-0.2, -0.15) is 8.78 Å². The van der Waals surface area contributed by atoms with Gasteiger partial charge in [0.15, 0.2) is 0 Å². The molecule has 7 heteroatoms. The van der Waals surface area contributed by atoms with Gasteiger partial charge in [-0.1, -0.05) is 18.2 Å². The standard InChI is InChI=1S/C20H23F2N3O2/c1-24(14-15-6-2-3-7-18(15)25-12-4-5-13-25)20(26)23-16-8-10-17(11-9-16)27-19(21)22/h2-3,6-11,19H,4-5,12-14H2,1H3,(H,23,26). The van der Waals surface area contributed by atoms with Gasteiger partial charge in [0.25, 0.3) is 0 Å². The van der Waals surface area contributed by atoms with E-state index >= 15 is 0 Å². The summed E-state index contributed by atoms with van der Waals surface area (Å²) in [6.07, 6.45) is 2.38. The maximum Gasteiger partial charge on any atom is 0.387 e. The third-order valence-corrected chi connectivity index (χ3v) is 4.52. The van der Waals surface area contributed by atoms with Crippen molar-refractivity contribution >= 4 is 17.4 Å². The van der Waals surface area contributed by atoms with Gasteiger partial charge in [0.2, 0.25) is 0 Å². The highest BCUT2D eigenvalue weighted by Gasteiger charge is 2.17. The Balaban J connectivity index is 1.61. The Morgan fingerprint density at radius 3 is 2.48 bits per heavy atom. The predicted octanol–water partition coefficient (Wildman–Crippen LogP) is 4.55. The van der Waals surface area contributed by atoms with E-state index < -0.39 is 6.61 Å². The lowest BCUT2D eigenvalue weighted by molar-refractivity contribution is -0.0498. The van der Waals surface area contributed by atoms with Gasteiger partial charge in [-0.15, -0.1) is 0 Å². The number of carbonyl (C=O) groups is 1. The number of benzene rings is 2. The van der Waals surface area contributed by atoms with Crippen LogP contribution in [0.5, 0.6) is 5.75 Å². The van der Waals surface area contributed by atoms with Crippen LogP contribution in [0.15, 0.2) is 48.5 Å². The highest BCUT2D eigenvalue weighted by Crippen LogP contribution is 2.25. The van der Waals surface area contributed by atoms with E-state index in [0.29, 0.717) is 12.2 Å². The zero-order valence-corrected chi connectivity index (χ0v) is 15.2. The molecule has 5 nitrogen and oxygen atoms in total. The molecule has 1 heterocycles. The van der Waals surface area contributed by atoms with Crippen molar-refractivity contribution in [3.63, 3.8) is 0 Å². The molecule has 27 heavy (non-hydrogen) atoms. The predicted molar refractivity (Wildman–Crippen MR) is 101 cm³/mol. The third-order valence-electron chi connectivity index (χ3n) is 4.52. The maximum atomic E-state index is 12.5. The fraction of sp³-hybridized carbons (Fsp3) is 0.350. The van der Waals surface area contributed by atoms with Crippen LogP contribution in [0.3, 0.4) is 0 Å². The summed E-state index contributed by atoms with van der Waals surface area (Å²) in [5.41, 5.74) is 2.78. The summed E-state index contributed by atoms with van der Waals surface area (Å²) in [6, 6.07) is 13.7. The molecule has 0 spiro atoms. The molecule has 1 aliphatic heterocycles. The third kappa shape index (κ3) is 5.09. The molecule has 3 rings (SSSR count). The number of hydrogen-bond donors (Lipinski definition) is 1. The fourth-order valence-electron chi connectivity index (χ4n) is 3.18. The lowest BCUT2D eigenvalue weighted by Crippen LogP contribution is -2.31. The second-order valence-electron chi connectivity index (χ2n) is 6.51. The van der Waals surface area contributed by atoms with Crippen LogP contribution in [-0.4, -0.2) is 37.7 Å². The number of nitrogens with zero attached hydrogens (tertiary/aromatic N) is 2. The Labute approximate surface area is 157 Å². The first kappa shape index (κ1) is 18.9. The summed E-state index contributed by atoms with van der Waals surface area (Å²) < 4.78 is 28.7. The van der Waals surface area contributed by atoms with Crippen molar-refractivity contribution in [3.05, 3.63) is 54.1 Å². The number of hydrogen-bond acceptors (Lipinski definition) is 3. The van der Waals surface area contributed by atoms with Crippen LogP contribution in [0, 0.1) is 0 Å². The number of alkyl halides is 2. The maximum absolute atomic E-state index is 12.5. The number of urea groups is 1. The van der Waals surface area contributed by atoms with Gasteiger partial charge in [-0.25, -0.2) is 4.79 Å². The number of carbonyl (C=O) groups excluding carboxylic acids is 1. The van der Waals surface area contributed by atoms with Gasteiger partial charge >= 0.3 is 12.6 Å². The van der Waals surface area contributed by atoms with E-state index in [0.717, 1.165) is 18.7 Å². The minimum absolute atomic E-state index is 0.0518. The second-order valence-corrected chi connectivity index (χ2v) is 6.51. The molecule has 0 radical (unpaired) electrons. The minimum Gasteiger partial charge on any atom is -0.435 e. The van der Waals surface area contributed by atoms with Crippen LogP contribution in [0.2, 0.25) is 0 Å². The first-order valence-electron chi connectivity index (χ1n) is 8.93. The van der Waals surface area contributed by atoms with E-state index in [1.165, 1.54) is 42.8 Å². The first-order valence-corrected chi connectivity index (χ1v) is 8.93. The number of amides is 2. The van der Waals surface area contributed by atoms with Crippen molar-refractivity contribution < 1.29 is 18.3 Å². The van der Waals surface area contributed by atoms with Crippen molar-refractivity contribution in [2.24, 2.45) is 0 Å². The van der Waals surface area contributed by atoms with Crippen LogP contribution in [-0.2, 0) is 6.54 Å². The first-order chi connectivity index (χ1) is 13.0. The number of ether oxygens (including phenoxy) is 1. The average molecular weight is 375 g/mol. The molecular weight excluding hydrogens is 352 g/mol. The second kappa shape index (κ2) is 8.70. The number of anilines is 2. The summed E-state index contributed by atoms with van der Waals surface area (Å²) in [5.74, 6) is 0.0518. The quantitative estimate of drug-likeness (QED) is 0.806. The number of halogens is 2. The Morgan fingerprint density at radius 2 is 1.81 bits per heavy atom. The van der Waals surface area contributed by atoms with E-state index in [2.05, 4.69) is 21.0 Å². The smallest absolute Gasteiger partial charge is 0.387 e. The number of rotatable bonds is 6. The summed E-state index contributed by atoms with van der Waals surface area (Å²) >= 11 is 0. The van der Waals surface area contributed by atoms with Gasteiger partial charge in [0, 0.05) is 38.1 Å². The minimum atomic E-state index is -2.87. The Hall–Kier alpha value is -2.83. The number of para-hydroxylation sites is 1. The molecule has 1 aliphatic rings. The van der Waals surface area contributed by atoms with Crippen LogP contribution in [0.4, 0.5) is 25.0 Å². The highest BCUT2D eigenvalue weighted by molar-refractivity contribution is 5.89. The summed E-state index contributed by atoms with van der Waals surface area (Å²) in [7, 11) is 1.73. The van der Waals surface area contributed by atoms with Crippen LogP contribution < -0.4 is 15.0 Å². The van der Waals surface area contributed by atoms with Gasteiger partial charge < -0.3 is 19.9 Å². The van der Waals surface area contributed by atoms with Crippen molar-refractivity contribution in [1.82, 2.24) is 4.90 Å². The van der Waals surface area contributed by atoms with Crippen LogP contribution in [0.25, 0.3) is 0 Å². The Morgan fingerprint density at radius 1 is 1.15 bits per heavy atom. The van der Waals surface area contributed by atoms with Crippen LogP contribution in [0.1, 0.15) is 18.4 Å². The van der Waals surface area contributed by atoms with Crippen molar-refractivity contribution in [2.45, 2.75) is 26.0 Å². The van der Waals surface area contributed by atoms with Crippen molar-refractivity contribution in [2.75, 3.05) is 30.4 Å². The van der Waals surface area contributed by atoms with E-state index in [1.54, 1.807) is 11.9 Å². The van der Waals surface area contributed by atoms with E-state index in [9.17, 15) is 13.6 Å². The summed E-state index contributed by atoms with van der Waals surface area (Å²) in [5, 5.41) is 2.76. The summed E-state index contributed by atoms with van der Waals surface area (Å²) in [6.45, 7) is -0.308. The van der Waals surface area contributed by atoms with Crippen molar-refractivity contribution in [1.29, 1.82) is 0 Å². The SMILES string of the molecule is CN(Cc1ccccc1N1CCCC1)C(=O)Nc1ccc(OC(F)F)cc1. The lowest BCUT2D eigenvalue weighted by atomic mass is 10.1. The molecule has 0 unspecified atom stereocenters. The molecule has 0 atom stereocenters. The monoisotopic (exact) mass is 375 g/mol. The van der Waals surface area contributed by atoms with E-state index in [-0.39, 0.29) is 11.8 Å². The molecule has 2 amide bonds. The van der Waals surface area contributed by atoms with Crippen molar-refractivity contribution in [3.8, 4) is 5.75 Å². The molecule has 144 valence electrons. The molecule has 2 aromatic carbocycles. The van der Waals surface area contributed by atoms with Gasteiger partial charge in [0.1, 0.15) is 5.75 Å². The number of nitrogens with one attached hydrogen (secondary N) is 1. The molecule has 0 aromatic heterocycles. The van der Waals surface area contributed by atoms with Gasteiger partial charge in [-0.05, 0) is 48.7 Å². The Bertz CT molecular complexity index is 762. The largest absolute Gasteiger partial charge is 0.435 e. The fourth-order valence-corrected chi connectivity index (χ4v) is 3.18. The van der Waals surface area contributed by atoms with Gasteiger partial charge in [-0.3, -0.25) is 0 Å². The molecule has 1 saturated heterocycles. The zero-order valence-electron chi connectivity index (χ0n) is 15.2. The highest BCUT2D eigenvalue weighted by atomic mass is 19.3. The average Bonchev–Trinajstić information content (AvgIpc) is 3.18. The van der Waals surface area contributed by atoms with Gasteiger partial charge in [0.05, 0.1) is 0 Å².